The van der Waals surface area contributed by atoms with Gasteiger partial charge in [0, 0.05) is 13.0 Å². The van der Waals surface area contributed by atoms with E-state index in [0.29, 0.717) is 24.2 Å². The quantitative estimate of drug-likeness (QED) is 0.299. The van der Waals surface area contributed by atoms with E-state index in [1.54, 1.807) is 13.8 Å². The van der Waals surface area contributed by atoms with Crippen LogP contribution in [0.25, 0.3) is 0 Å². The van der Waals surface area contributed by atoms with E-state index in [1.165, 1.54) is 32.1 Å². The van der Waals surface area contributed by atoms with Gasteiger partial charge in [-0.25, -0.2) is 0 Å². The molecule has 0 aromatic rings. The Morgan fingerprint density at radius 1 is 0.909 bits per heavy atom. The smallest absolute Gasteiger partial charge is 0.309 e. The summed E-state index contributed by atoms with van der Waals surface area (Å²) in [6.07, 6.45) is 17.9. The van der Waals surface area contributed by atoms with E-state index in [2.05, 4.69) is 32.9 Å². The number of aliphatic hydroxyl groups is 1. The highest BCUT2D eigenvalue weighted by Gasteiger charge is 2.33. The second-order valence-corrected chi connectivity index (χ2v) is 12.4. The van der Waals surface area contributed by atoms with Gasteiger partial charge in [0.15, 0.2) is 0 Å². The molecule has 0 aromatic carbocycles. The van der Waals surface area contributed by atoms with E-state index in [4.69, 9.17) is 4.74 Å². The van der Waals surface area contributed by atoms with Crippen molar-refractivity contribution in [2.45, 2.75) is 123 Å². The Hall–Kier alpha value is -0.870. The van der Waals surface area contributed by atoms with Crippen LogP contribution in [0, 0.1) is 35.0 Å². The normalized spacial score (nSPS) is 31.7. The molecule has 2 aliphatic rings. The highest BCUT2D eigenvalue weighted by Crippen LogP contribution is 2.40. The molecule has 0 aliphatic heterocycles. The summed E-state index contributed by atoms with van der Waals surface area (Å²) >= 11 is 0. The first-order valence-electron chi connectivity index (χ1n) is 13.6. The minimum Gasteiger partial charge on any atom is -0.481 e. The second-order valence-electron chi connectivity index (χ2n) is 12.4. The lowest BCUT2D eigenvalue weighted by Crippen LogP contribution is -2.33. The Morgan fingerprint density at radius 3 is 2.09 bits per heavy atom. The van der Waals surface area contributed by atoms with Crippen LogP contribution < -0.4 is 0 Å². The number of carboxylic acids is 1. The van der Waals surface area contributed by atoms with Crippen molar-refractivity contribution in [1.82, 2.24) is 0 Å². The number of carboxylic acid groups (broad SMARTS) is 1. The van der Waals surface area contributed by atoms with Gasteiger partial charge in [-0.15, -0.1) is 0 Å². The van der Waals surface area contributed by atoms with Crippen LogP contribution in [-0.4, -0.2) is 35.0 Å². The van der Waals surface area contributed by atoms with Gasteiger partial charge in [-0.1, -0.05) is 57.6 Å². The number of aliphatic hydroxyl groups excluding tert-OH is 1. The van der Waals surface area contributed by atoms with Gasteiger partial charge in [-0.3, -0.25) is 4.79 Å². The van der Waals surface area contributed by atoms with Crippen molar-refractivity contribution in [3.05, 3.63) is 12.2 Å². The SMILES string of the molecule is COC(C)(C)CCCC1CCCC(/C=C\C2CCCC(CCCC(C)(C)C(=O)O)C2O)C1C. The van der Waals surface area contributed by atoms with Crippen molar-refractivity contribution in [3.8, 4) is 0 Å². The highest BCUT2D eigenvalue weighted by atomic mass is 16.5. The van der Waals surface area contributed by atoms with Gasteiger partial charge in [-0.05, 0) is 89.9 Å². The van der Waals surface area contributed by atoms with Crippen LogP contribution in [0.2, 0.25) is 0 Å². The zero-order valence-corrected chi connectivity index (χ0v) is 22.3. The molecule has 0 aromatic heterocycles. The second kappa shape index (κ2) is 12.7. The molecule has 0 saturated heterocycles. The van der Waals surface area contributed by atoms with E-state index in [1.807, 2.05) is 7.11 Å². The molecule has 0 radical (unpaired) electrons. The van der Waals surface area contributed by atoms with Gasteiger partial charge in [0.1, 0.15) is 0 Å². The van der Waals surface area contributed by atoms with Crippen molar-refractivity contribution in [2.75, 3.05) is 7.11 Å². The van der Waals surface area contributed by atoms with Gasteiger partial charge >= 0.3 is 5.97 Å². The van der Waals surface area contributed by atoms with Gasteiger partial charge < -0.3 is 14.9 Å². The van der Waals surface area contributed by atoms with Gasteiger partial charge in [-0.2, -0.15) is 0 Å². The molecule has 2 rings (SSSR count). The Balaban J connectivity index is 1.84. The summed E-state index contributed by atoms with van der Waals surface area (Å²) in [6, 6.07) is 0. The summed E-state index contributed by atoms with van der Waals surface area (Å²) in [5, 5.41) is 20.4. The Kier molecular flexibility index (Phi) is 10.9. The number of aliphatic carboxylic acids is 1. The van der Waals surface area contributed by atoms with Crippen LogP contribution in [0.3, 0.4) is 0 Å². The largest absolute Gasteiger partial charge is 0.481 e. The fourth-order valence-electron chi connectivity index (χ4n) is 6.09. The third kappa shape index (κ3) is 8.69. The van der Waals surface area contributed by atoms with E-state index in [-0.39, 0.29) is 17.6 Å². The van der Waals surface area contributed by atoms with E-state index < -0.39 is 11.4 Å². The number of hydrogen-bond donors (Lipinski definition) is 2. The first-order chi connectivity index (χ1) is 15.5. The molecule has 2 N–H and O–H groups in total. The van der Waals surface area contributed by atoms with Crippen molar-refractivity contribution in [3.63, 3.8) is 0 Å². The van der Waals surface area contributed by atoms with Crippen molar-refractivity contribution in [2.24, 2.45) is 35.0 Å². The van der Waals surface area contributed by atoms with Crippen LogP contribution in [0.5, 0.6) is 0 Å². The lowest BCUT2D eigenvalue weighted by molar-refractivity contribution is -0.147. The molecule has 33 heavy (non-hydrogen) atoms. The molecule has 0 bridgehead atoms. The molecule has 2 aliphatic carbocycles. The molecule has 0 amide bonds. The van der Waals surface area contributed by atoms with Gasteiger partial charge in [0.05, 0.1) is 17.1 Å². The maximum absolute atomic E-state index is 11.4. The average Bonchev–Trinajstić information content (AvgIpc) is 2.75. The Bertz CT molecular complexity index is 623. The number of hydrogen-bond acceptors (Lipinski definition) is 3. The Morgan fingerprint density at radius 2 is 1.45 bits per heavy atom. The average molecular weight is 465 g/mol. The van der Waals surface area contributed by atoms with Crippen molar-refractivity contribution < 1.29 is 19.7 Å². The van der Waals surface area contributed by atoms with Gasteiger partial charge in [0.25, 0.3) is 0 Å². The van der Waals surface area contributed by atoms with E-state index in [0.717, 1.165) is 44.4 Å². The molecule has 6 unspecified atom stereocenters. The van der Waals surface area contributed by atoms with E-state index >= 15 is 0 Å². The fraction of sp³-hybridized carbons (Fsp3) is 0.897. The maximum atomic E-state index is 11.4. The minimum atomic E-state index is -0.727. The standard InChI is InChI=1S/C29H52O4/c1-21-22(15-10-20-29(4,5)33-6)11-7-12-23(21)17-18-25-14-8-13-24(26(25)30)16-9-19-28(2,3)27(31)32/h17-18,21-26,30H,7-16,19-20H2,1-6H3,(H,31,32)/b18-17-. The molecule has 2 fully saturated rings. The Labute approximate surface area is 203 Å². The lowest BCUT2D eigenvalue weighted by Gasteiger charge is -2.37. The summed E-state index contributed by atoms with van der Waals surface area (Å²) in [7, 11) is 1.81. The first kappa shape index (κ1) is 28.4. The van der Waals surface area contributed by atoms with Crippen LogP contribution in [0.1, 0.15) is 112 Å². The highest BCUT2D eigenvalue weighted by molar-refractivity contribution is 5.73. The molecular formula is C29H52O4. The third-order valence-corrected chi connectivity index (χ3v) is 9.03. The predicted molar refractivity (Wildman–Crippen MR) is 136 cm³/mol. The van der Waals surface area contributed by atoms with Gasteiger partial charge in [0.2, 0.25) is 0 Å². The van der Waals surface area contributed by atoms with Crippen LogP contribution in [0.15, 0.2) is 12.2 Å². The molecule has 192 valence electrons. The zero-order valence-electron chi connectivity index (χ0n) is 22.3. The fourth-order valence-corrected chi connectivity index (χ4v) is 6.09. The summed E-state index contributed by atoms with van der Waals surface area (Å²) in [6.45, 7) is 10.4. The molecule has 0 heterocycles. The number of ether oxygens (including phenoxy) is 1. The van der Waals surface area contributed by atoms with Crippen LogP contribution >= 0.6 is 0 Å². The summed E-state index contributed by atoms with van der Waals surface area (Å²) in [5.74, 6) is 1.96. The summed E-state index contributed by atoms with van der Waals surface area (Å²) in [5.41, 5.74) is -0.694. The van der Waals surface area contributed by atoms with Crippen molar-refractivity contribution >= 4 is 5.97 Å². The number of methoxy groups -OCH3 is 1. The maximum Gasteiger partial charge on any atom is 0.309 e. The molecule has 6 atom stereocenters. The minimum absolute atomic E-state index is 0.0196. The topological polar surface area (TPSA) is 66.8 Å². The number of allylic oxidation sites excluding steroid dienone is 1. The lowest BCUT2D eigenvalue weighted by atomic mass is 9.70. The monoisotopic (exact) mass is 464 g/mol. The molecule has 0 spiro atoms. The predicted octanol–water partition coefficient (Wildman–Crippen LogP) is 7.25. The van der Waals surface area contributed by atoms with Crippen molar-refractivity contribution in [1.29, 1.82) is 0 Å². The summed E-state index contributed by atoms with van der Waals surface area (Å²) in [4.78, 5) is 11.4. The zero-order chi connectivity index (χ0) is 24.6. The van der Waals surface area contributed by atoms with E-state index in [9.17, 15) is 15.0 Å². The summed E-state index contributed by atoms with van der Waals surface area (Å²) < 4.78 is 5.59. The van der Waals surface area contributed by atoms with Crippen LogP contribution in [-0.2, 0) is 9.53 Å². The molecule has 2 saturated carbocycles. The number of rotatable bonds is 12. The van der Waals surface area contributed by atoms with Crippen LogP contribution in [0.4, 0.5) is 0 Å². The molecular weight excluding hydrogens is 412 g/mol. The molecule has 4 heteroatoms. The molecule has 4 nitrogen and oxygen atoms in total. The third-order valence-electron chi connectivity index (χ3n) is 9.03. The first-order valence-corrected chi connectivity index (χ1v) is 13.6. The number of carbonyl (C=O) groups is 1.